The number of rotatable bonds is 8. The maximum absolute atomic E-state index is 13.0. The van der Waals surface area contributed by atoms with Gasteiger partial charge in [0.15, 0.2) is 6.10 Å². The highest BCUT2D eigenvalue weighted by atomic mass is 32.1. The molecule has 27 heavy (non-hydrogen) atoms. The molecule has 0 bridgehead atoms. The molecule has 2 heterocycles. The molecule has 0 aliphatic carbocycles. The van der Waals surface area contributed by atoms with Crippen LogP contribution in [0.5, 0.6) is 5.75 Å². The SMILES string of the molecule is CCC(Oc1ccccc1C)C(=O)N(CC)Cc1nc(-c2cccs2)no1. The Labute approximate surface area is 162 Å². The lowest BCUT2D eigenvalue weighted by atomic mass is 10.2. The van der Waals surface area contributed by atoms with E-state index in [-0.39, 0.29) is 12.5 Å². The third-order valence-electron chi connectivity index (χ3n) is 4.24. The minimum absolute atomic E-state index is 0.0841. The van der Waals surface area contributed by atoms with Crippen molar-refractivity contribution in [2.75, 3.05) is 6.54 Å². The maximum atomic E-state index is 13.0. The van der Waals surface area contributed by atoms with E-state index in [0.717, 1.165) is 16.2 Å². The first-order chi connectivity index (χ1) is 13.1. The molecule has 1 unspecified atom stereocenters. The molecule has 7 heteroatoms. The summed E-state index contributed by atoms with van der Waals surface area (Å²) in [6, 6.07) is 11.6. The van der Waals surface area contributed by atoms with Gasteiger partial charge in [-0.3, -0.25) is 4.79 Å². The molecular weight excluding hydrogens is 362 g/mol. The summed E-state index contributed by atoms with van der Waals surface area (Å²) in [4.78, 5) is 20.0. The number of ether oxygens (including phenoxy) is 1. The van der Waals surface area contributed by atoms with E-state index in [2.05, 4.69) is 10.1 Å². The van der Waals surface area contributed by atoms with Gasteiger partial charge in [0.2, 0.25) is 11.7 Å². The fraction of sp³-hybridized carbons (Fsp3) is 0.350. The van der Waals surface area contributed by atoms with E-state index in [1.807, 2.05) is 62.5 Å². The Morgan fingerprint density at radius 3 is 2.74 bits per heavy atom. The van der Waals surface area contributed by atoms with Crippen LogP contribution in [0.1, 0.15) is 31.7 Å². The number of thiophene rings is 1. The van der Waals surface area contributed by atoms with Crippen molar-refractivity contribution in [3.05, 3.63) is 53.2 Å². The van der Waals surface area contributed by atoms with Crippen LogP contribution in [0.2, 0.25) is 0 Å². The third kappa shape index (κ3) is 4.54. The van der Waals surface area contributed by atoms with Gasteiger partial charge in [0.1, 0.15) is 12.3 Å². The van der Waals surface area contributed by atoms with Crippen molar-refractivity contribution >= 4 is 17.2 Å². The fourth-order valence-electron chi connectivity index (χ4n) is 2.69. The topological polar surface area (TPSA) is 68.5 Å². The number of carbonyl (C=O) groups excluding carboxylic acids is 1. The molecule has 0 N–H and O–H groups in total. The van der Waals surface area contributed by atoms with E-state index < -0.39 is 6.10 Å². The van der Waals surface area contributed by atoms with E-state index in [9.17, 15) is 4.79 Å². The molecule has 1 atom stereocenters. The van der Waals surface area contributed by atoms with Crippen LogP contribution in [0.25, 0.3) is 10.7 Å². The standard InChI is InChI=1S/C20H23N3O3S/c1-4-15(25-16-10-7-6-9-14(16)3)20(24)23(5-2)13-18-21-19(22-26-18)17-11-8-12-27-17/h6-12,15H,4-5,13H2,1-3H3. The van der Waals surface area contributed by atoms with E-state index in [4.69, 9.17) is 9.26 Å². The highest BCUT2D eigenvalue weighted by molar-refractivity contribution is 7.13. The van der Waals surface area contributed by atoms with Crippen LogP contribution in [0.4, 0.5) is 0 Å². The molecule has 0 fully saturated rings. The van der Waals surface area contributed by atoms with Gasteiger partial charge >= 0.3 is 0 Å². The molecule has 0 spiro atoms. The van der Waals surface area contributed by atoms with Crippen molar-refractivity contribution in [3.8, 4) is 16.5 Å². The van der Waals surface area contributed by atoms with Gasteiger partial charge in [0.25, 0.3) is 5.91 Å². The zero-order valence-electron chi connectivity index (χ0n) is 15.7. The molecule has 142 valence electrons. The van der Waals surface area contributed by atoms with Crippen LogP contribution in [0, 0.1) is 6.92 Å². The van der Waals surface area contributed by atoms with Gasteiger partial charge in [-0.15, -0.1) is 11.3 Å². The number of aryl methyl sites for hydroxylation is 1. The van der Waals surface area contributed by atoms with Gasteiger partial charge in [-0.2, -0.15) is 4.98 Å². The number of amides is 1. The Morgan fingerprint density at radius 1 is 1.26 bits per heavy atom. The molecule has 0 aliphatic rings. The van der Waals surface area contributed by atoms with E-state index in [0.29, 0.717) is 24.7 Å². The smallest absolute Gasteiger partial charge is 0.264 e. The fourth-order valence-corrected chi connectivity index (χ4v) is 3.34. The molecule has 2 aromatic heterocycles. The third-order valence-corrected chi connectivity index (χ3v) is 5.10. The summed E-state index contributed by atoms with van der Waals surface area (Å²) < 4.78 is 11.3. The molecule has 3 rings (SSSR count). The molecule has 3 aromatic rings. The lowest BCUT2D eigenvalue weighted by molar-refractivity contribution is -0.139. The van der Waals surface area contributed by atoms with Crippen LogP contribution < -0.4 is 4.74 Å². The molecule has 1 aromatic carbocycles. The van der Waals surface area contributed by atoms with Crippen molar-refractivity contribution < 1.29 is 14.1 Å². The average molecular weight is 385 g/mol. The van der Waals surface area contributed by atoms with Gasteiger partial charge in [-0.05, 0) is 43.3 Å². The summed E-state index contributed by atoms with van der Waals surface area (Å²) in [6.07, 6.45) is 0.0271. The van der Waals surface area contributed by atoms with Crippen molar-refractivity contribution in [2.24, 2.45) is 0 Å². The van der Waals surface area contributed by atoms with Gasteiger partial charge < -0.3 is 14.2 Å². The lowest BCUT2D eigenvalue weighted by Crippen LogP contribution is -2.41. The Bertz CT molecular complexity index is 876. The average Bonchev–Trinajstić information content (AvgIpc) is 3.36. The van der Waals surface area contributed by atoms with Crippen LogP contribution >= 0.6 is 11.3 Å². The first-order valence-corrected chi connectivity index (χ1v) is 9.87. The number of aromatic nitrogens is 2. The van der Waals surface area contributed by atoms with E-state index >= 15 is 0 Å². The number of nitrogens with zero attached hydrogens (tertiary/aromatic N) is 3. The quantitative estimate of drug-likeness (QED) is 0.578. The van der Waals surface area contributed by atoms with E-state index in [1.54, 1.807) is 16.2 Å². The predicted octanol–water partition coefficient (Wildman–Crippen LogP) is 4.31. The van der Waals surface area contributed by atoms with Gasteiger partial charge in [0, 0.05) is 6.54 Å². The zero-order valence-corrected chi connectivity index (χ0v) is 16.5. The molecule has 6 nitrogen and oxygen atoms in total. The summed E-state index contributed by atoms with van der Waals surface area (Å²) >= 11 is 1.55. The molecule has 0 saturated carbocycles. The number of para-hydroxylation sites is 1. The second kappa shape index (κ2) is 8.81. The number of carbonyl (C=O) groups is 1. The second-order valence-electron chi connectivity index (χ2n) is 6.12. The van der Waals surface area contributed by atoms with Gasteiger partial charge in [0.05, 0.1) is 4.88 Å². The minimum atomic E-state index is -0.550. The monoisotopic (exact) mass is 385 g/mol. The molecular formula is C20H23N3O3S. The molecule has 0 saturated heterocycles. The number of benzene rings is 1. The first-order valence-electron chi connectivity index (χ1n) is 8.99. The van der Waals surface area contributed by atoms with Crippen molar-refractivity contribution in [1.29, 1.82) is 0 Å². The highest BCUT2D eigenvalue weighted by Gasteiger charge is 2.26. The zero-order chi connectivity index (χ0) is 19.2. The van der Waals surface area contributed by atoms with Crippen LogP contribution in [0.3, 0.4) is 0 Å². The van der Waals surface area contributed by atoms with Crippen LogP contribution in [-0.4, -0.2) is 33.6 Å². The first kappa shape index (κ1) is 19.1. The predicted molar refractivity (Wildman–Crippen MR) is 105 cm³/mol. The van der Waals surface area contributed by atoms with Crippen molar-refractivity contribution in [3.63, 3.8) is 0 Å². The molecule has 0 radical (unpaired) electrons. The van der Waals surface area contributed by atoms with Crippen molar-refractivity contribution in [1.82, 2.24) is 15.0 Å². The largest absolute Gasteiger partial charge is 0.480 e. The molecule has 0 aliphatic heterocycles. The second-order valence-corrected chi connectivity index (χ2v) is 7.07. The normalized spacial score (nSPS) is 12.0. The minimum Gasteiger partial charge on any atom is -0.480 e. The van der Waals surface area contributed by atoms with Crippen LogP contribution in [0.15, 0.2) is 46.3 Å². The Hall–Kier alpha value is -2.67. The summed E-state index contributed by atoms with van der Waals surface area (Å²) in [5.74, 6) is 1.61. The molecule has 1 amide bonds. The Morgan fingerprint density at radius 2 is 2.07 bits per heavy atom. The van der Waals surface area contributed by atoms with Crippen molar-refractivity contribution in [2.45, 2.75) is 39.8 Å². The number of hydrogen-bond acceptors (Lipinski definition) is 6. The lowest BCUT2D eigenvalue weighted by Gasteiger charge is -2.25. The summed E-state index contributed by atoms with van der Waals surface area (Å²) in [6.45, 7) is 6.63. The summed E-state index contributed by atoms with van der Waals surface area (Å²) in [7, 11) is 0. The Balaban J connectivity index is 1.70. The summed E-state index contributed by atoms with van der Waals surface area (Å²) in [5.41, 5.74) is 1.00. The Kier molecular flexibility index (Phi) is 6.24. The van der Waals surface area contributed by atoms with Gasteiger partial charge in [-0.25, -0.2) is 0 Å². The van der Waals surface area contributed by atoms with Gasteiger partial charge in [-0.1, -0.05) is 36.3 Å². The number of hydrogen-bond donors (Lipinski definition) is 0. The number of likely N-dealkylation sites (N-methyl/N-ethyl adjacent to an activating group) is 1. The summed E-state index contributed by atoms with van der Waals surface area (Å²) in [5, 5.41) is 5.97. The van der Waals surface area contributed by atoms with Crippen LogP contribution in [-0.2, 0) is 11.3 Å². The highest BCUT2D eigenvalue weighted by Crippen LogP contribution is 2.22. The van der Waals surface area contributed by atoms with E-state index in [1.165, 1.54) is 0 Å². The maximum Gasteiger partial charge on any atom is 0.264 e.